The van der Waals surface area contributed by atoms with Crippen LogP contribution in [0.25, 0.3) is 0 Å². The second-order valence-corrected chi connectivity index (χ2v) is 4.11. The number of anilines is 2. The van der Waals surface area contributed by atoms with Crippen molar-refractivity contribution < 1.29 is 0 Å². The molecule has 0 unspecified atom stereocenters. The van der Waals surface area contributed by atoms with Crippen LogP contribution in [0.15, 0.2) is 30.5 Å². The fraction of sp³-hybridized carbons (Fsp3) is 0.357. The van der Waals surface area contributed by atoms with Crippen molar-refractivity contribution in [1.82, 2.24) is 15.0 Å². The average Bonchev–Trinajstić information content (AvgIpc) is 2.46. The van der Waals surface area contributed by atoms with Gasteiger partial charge in [0.1, 0.15) is 17.5 Å². The zero-order valence-corrected chi connectivity index (χ0v) is 11.3. The van der Waals surface area contributed by atoms with E-state index in [-0.39, 0.29) is 0 Å². The maximum Gasteiger partial charge on any atom is 0.132 e. The molecule has 19 heavy (non-hydrogen) atoms. The molecule has 0 amide bonds. The second kappa shape index (κ2) is 6.68. The summed E-state index contributed by atoms with van der Waals surface area (Å²) < 4.78 is 0. The van der Waals surface area contributed by atoms with Crippen molar-refractivity contribution in [3.8, 4) is 0 Å². The lowest BCUT2D eigenvalue weighted by Crippen LogP contribution is -2.08. The third-order valence-electron chi connectivity index (χ3n) is 2.62. The Morgan fingerprint density at radius 1 is 1.05 bits per heavy atom. The minimum Gasteiger partial charge on any atom is -0.370 e. The molecule has 2 rings (SSSR count). The van der Waals surface area contributed by atoms with Crippen LogP contribution >= 0.6 is 0 Å². The van der Waals surface area contributed by atoms with Gasteiger partial charge in [-0.3, -0.25) is 4.98 Å². The predicted octanol–water partition coefficient (Wildman–Crippen LogP) is 2.48. The Bertz CT molecular complexity index is 512. The molecule has 0 fully saturated rings. The van der Waals surface area contributed by atoms with E-state index in [4.69, 9.17) is 0 Å². The molecule has 2 N–H and O–H groups in total. The van der Waals surface area contributed by atoms with Gasteiger partial charge in [-0.1, -0.05) is 13.0 Å². The smallest absolute Gasteiger partial charge is 0.132 e. The summed E-state index contributed by atoms with van der Waals surface area (Å²) in [4.78, 5) is 13.2. The highest BCUT2D eigenvalue weighted by Crippen LogP contribution is 2.12. The van der Waals surface area contributed by atoms with E-state index in [0.717, 1.165) is 36.1 Å². The normalized spacial score (nSPS) is 10.2. The zero-order valence-electron chi connectivity index (χ0n) is 11.3. The monoisotopic (exact) mass is 257 g/mol. The van der Waals surface area contributed by atoms with Crippen LogP contribution in [0.5, 0.6) is 0 Å². The number of hydrogen-bond acceptors (Lipinski definition) is 5. The molecule has 2 aromatic heterocycles. The molecule has 5 nitrogen and oxygen atoms in total. The SMILES string of the molecule is CCNc1cc(NCc2ccccn2)nc(CC)n1. The molecule has 0 spiro atoms. The second-order valence-electron chi connectivity index (χ2n) is 4.11. The Morgan fingerprint density at radius 3 is 2.47 bits per heavy atom. The van der Waals surface area contributed by atoms with Gasteiger partial charge >= 0.3 is 0 Å². The number of aromatic nitrogens is 3. The first-order valence-electron chi connectivity index (χ1n) is 6.57. The van der Waals surface area contributed by atoms with E-state index in [0.29, 0.717) is 6.54 Å². The first-order chi connectivity index (χ1) is 9.31. The molecule has 0 aliphatic rings. The van der Waals surface area contributed by atoms with Crippen LogP contribution in [-0.4, -0.2) is 21.5 Å². The molecule has 100 valence electrons. The van der Waals surface area contributed by atoms with Crippen LogP contribution < -0.4 is 10.6 Å². The molecule has 0 aliphatic heterocycles. The predicted molar refractivity (Wildman–Crippen MR) is 77.1 cm³/mol. The van der Waals surface area contributed by atoms with Gasteiger partial charge in [-0.2, -0.15) is 0 Å². The molecular formula is C14H19N5. The maximum absolute atomic E-state index is 4.46. The quantitative estimate of drug-likeness (QED) is 0.832. The van der Waals surface area contributed by atoms with Gasteiger partial charge in [-0.05, 0) is 19.1 Å². The van der Waals surface area contributed by atoms with Crippen LogP contribution in [0.1, 0.15) is 25.4 Å². The first-order valence-corrected chi connectivity index (χ1v) is 6.57. The number of nitrogens with one attached hydrogen (secondary N) is 2. The topological polar surface area (TPSA) is 62.7 Å². The van der Waals surface area contributed by atoms with E-state index < -0.39 is 0 Å². The Kier molecular flexibility index (Phi) is 4.66. The van der Waals surface area contributed by atoms with Crippen molar-refractivity contribution in [1.29, 1.82) is 0 Å². The van der Waals surface area contributed by atoms with Gasteiger partial charge in [0.25, 0.3) is 0 Å². The molecule has 0 aromatic carbocycles. The summed E-state index contributed by atoms with van der Waals surface area (Å²) in [5.41, 5.74) is 0.990. The van der Waals surface area contributed by atoms with Crippen molar-refractivity contribution in [2.75, 3.05) is 17.2 Å². The van der Waals surface area contributed by atoms with Crippen molar-refractivity contribution in [2.24, 2.45) is 0 Å². The Morgan fingerprint density at radius 2 is 1.84 bits per heavy atom. The van der Waals surface area contributed by atoms with Crippen molar-refractivity contribution in [3.63, 3.8) is 0 Å². The van der Waals surface area contributed by atoms with Gasteiger partial charge in [0.2, 0.25) is 0 Å². The lowest BCUT2D eigenvalue weighted by molar-refractivity contribution is 0.925. The van der Waals surface area contributed by atoms with E-state index >= 15 is 0 Å². The zero-order chi connectivity index (χ0) is 13.5. The lowest BCUT2D eigenvalue weighted by atomic mass is 10.3. The molecule has 0 atom stereocenters. The summed E-state index contributed by atoms with van der Waals surface area (Å²) in [6.45, 7) is 5.61. The summed E-state index contributed by atoms with van der Waals surface area (Å²) in [6.07, 6.45) is 2.61. The van der Waals surface area contributed by atoms with E-state index in [9.17, 15) is 0 Å². The van der Waals surface area contributed by atoms with Crippen molar-refractivity contribution in [3.05, 3.63) is 42.0 Å². The van der Waals surface area contributed by atoms with Crippen molar-refractivity contribution >= 4 is 11.6 Å². The van der Waals surface area contributed by atoms with E-state index in [1.54, 1.807) is 6.20 Å². The molecule has 2 aromatic rings. The van der Waals surface area contributed by atoms with E-state index in [1.165, 1.54) is 0 Å². The number of pyridine rings is 1. The number of rotatable bonds is 6. The molecule has 0 aliphatic carbocycles. The maximum atomic E-state index is 4.46. The number of nitrogens with zero attached hydrogens (tertiary/aromatic N) is 3. The molecular weight excluding hydrogens is 238 g/mol. The van der Waals surface area contributed by atoms with Crippen LogP contribution in [0.3, 0.4) is 0 Å². The molecule has 0 bridgehead atoms. The van der Waals surface area contributed by atoms with E-state index in [2.05, 4.69) is 32.5 Å². The summed E-state index contributed by atoms with van der Waals surface area (Å²) in [5, 5.41) is 6.49. The minimum atomic E-state index is 0.659. The summed E-state index contributed by atoms with van der Waals surface area (Å²) in [5.74, 6) is 2.52. The lowest BCUT2D eigenvalue weighted by Gasteiger charge is -2.09. The highest BCUT2D eigenvalue weighted by atomic mass is 15.1. The summed E-state index contributed by atoms with van der Waals surface area (Å²) in [7, 11) is 0. The van der Waals surface area contributed by atoms with Gasteiger partial charge < -0.3 is 10.6 Å². The van der Waals surface area contributed by atoms with Gasteiger partial charge in [0, 0.05) is 25.2 Å². The standard InChI is InChI=1S/C14H19N5/c1-3-12-18-13(15-4-2)9-14(19-12)17-10-11-7-5-6-8-16-11/h5-9H,3-4,10H2,1-2H3,(H2,15,17,18,19). The Labute approximate surface area is 113 Å². The molecule has 0 saturated heterocycles. The molecule has 5 heteroatoms. The molecule has 0 radical (unpaired) electrons. The van der Waals surface area contributed by atoms with Crippen molar-refractivity contribution in [2.45, 2.75) is 26.8 Å². The van der Waals surface area contributed by atoms with Crippen LogP contribution in [-0.2, 0) is 13.0 Å². The van der Waals surface area contributed by atoms with Gasteiger partial charge in [-0.15, -0.1) is 0 Å². The van der Waals surface area contributed by atoms with E-state index in [1.807, 2.05) is 31.2 Å². The summed E-state index contributed by atoms with van der Waals surface area (Å²) in [6, 6.07) is 7.80. The van der Waals surface area contributed by atoms with Crippen LogP contribution in [0, 0.1) is 0 Å². The summed E-state index contributed by atoms with van der Waals surface area (Å²) >= 11 is 0. The largest absolute Gasteiger partial charge is 0.370 e. The van der Waals surface area contributed by atoms with Gasteiger partial charge in [-0.25, -0.2) is 9.97 Å². The van der Waals surface area contributed by atoms with Crippen LogP contribution in [0.4, 0.5) is 11.6 Å². The first kappa shape index (κ1) is 13.3. The minimum absolute atomic E-state index is 0.659. The Balaban J connectivity index is 2.08. The van der Waals surface area contributed by atoms with Gasteiger partial charge in [0.15, 0.2) is 0 Å². The van der Waals surface area contributed by atoms with Crippen LogP contribution in [0.2, 0.25) is 0 Å². The molecule has 0 saturated carbocycles. The average molecular weight is 257 g/mol. The highest BCUT2D eigenvalue weighted by Gasteiger charge is 2.03. The fourth-order valence-corrected chi connectivity index (χ4v) is 1.70. The third-order valence-corrected chi connectivity index (χ3v) is 2.62. The number of hydrogen-bond donors (Lipinski definition) is 2. The third kappa shape index (κ3) is 3.91. The molecule has 2 heterocycles. The Hall–Kier alpha value is -2.17. The highest BCUT2D eigenvalue weighted by molar-refractivity contribution is 5.47. The van der Waals surface area contributed by atoms with Gasteiger partial charge in [0.05, 0.1) is 12.2 Å². The number of aryl methyl sites for hydroxylation is 1. The fourth-order valence-electron chi connectivity index (χ4n) is 1.70.